The van der Waals surface area contributed by atoms with Gasteiger partial charge in [-0.15, -0.1) is 0 Å². The van der Waals surface area contributed by atoms with E-state index in [1.165, 1.54) is 0 Å². The average molecular weight is 221 g/mol. The van der Waals surface area contributed by atoms with E-state index in [1.54, 1.807) is 0 Å². The molecule has 0 radical (unpaired) electrons. The Labute approximate surface area is 89.1 Å². The smallest absolute Gasteiger partial charge is 0.267 e. The summed E-state index contributed by atoms with van der Waals surface area (Å²) in [5.41, 5.74) is 5.63. The van der Waals surface area contributed by atoms with Crippen LogP contribution in [0.5, 0.6) is 0 Å². The van der Waals surface area contributed by atoms with Crippen LogP contribution in [0.15, 0.2) is 0 Å². The van der Waals surface area contributed by atoms with Crippen molar-refractivity contribution in [2.24, 2.45) is 5.73 Å². The Balaban J connectivity index is 2.41. The molecule has 0 heterocycles. The zero-order valence-electron chi connectivity index (χ0n) is 8.32. The lowest BCUT2D eigenvalue weighted by molar-refractivity contribution is -0.136. The lowest BCUT2D eigenvalue weighted by Crippen LogP contribution is -2.45. The van der Waals surface area contributed by atoms with Crippen molar-refractivity contribution in [2.45, 2.75) is 50.8 Å². The Morgan fingerprint density at radius 1 is 1.71 bits per heavy atom. The van der Waals surface area contributed by atoms with Crippen molar-refractivity contribution in [3.8, 4) is 0 Å². The number of halogens is 1. The third kappa shape index (κ3) is 2.83. The van der Waals surface area contributed by atoms with E-state index in [4.69, 9.17) is 17.5 Å². The van der Waals surface area contributed by atoms with Crippen molar-refractivity contribution in [3.63, 3.8) is 0 Å². The van der Waals surface area contributed by atoms with E-state index < -0.39 is 18.1 Å². The molecule has 0 aromatic rings. The quantitative estimate of drug-likeness (QED) is 0.668. The summed E-state index contributed by atoms with van der Waals surface area (Å²) >= 11 is 5.74. The number of aliphatic hydroxyl groups is 1. The van der Waals surface area contributed by atoms with E-state index in [-0.39, 0.29) is 6.04 Å². The molecule has 1 amide bonds. The third-order valence-electron chi connectivity index (χ3n) is 2.36. The monoisotopic (exact) mass is 220 g/mol. The maximum absolute atomic E-state index is 11.5. The normalized spacial score (nSPS) is 20.3. The number of nitrogens with zero attached hydrogens (tertiary/aromatic N) is 1. The maximum Gasteiger partial charge on any atom is 0.267 e. The van der Waals surface area contributed by atoms with Crippen molar-refractivity contribution in [1.82, 2.24) is 4.42 Å². The van der Waals surface area contributed by atoms with Gasteiger partial charge in [0, 0.05) is 23.9 Å². The van der Waals surface area contributed by atoms with Crippen LogP contribution in [0.3, 0.4) is 0 Å². The number of hydrogen-bond donors (Lipinski definition) is 2. The molecule has 4 nitrogen and oxygen atoms in total. The van der Waals surface area contributed by atoms with Crippen LogP contribution >= 0.6 is 11.8 Å². The zero-order chi connectivity index (χ0) is 10.7. The molecule has 0 saturated heterocycles. The molecule has 1 unspecified atom stereocenters. The van der Waals surface area contributed by atoms with Gasteiger partial charge in [0.2, 0.25) is 0 Å². The molecule has 0 aromatic heterocycles. The average Bonchev–Trinajstić information content (AvgIpc) is 2.98. The predicted molar refractivity (Wildman–Crippen MR) is 54.6 cm³/mol. The van der Waals surface area contributed by atoms with Crippen LogP contribution in [0.25, 0.3) is 0 Å². The van der Waals surface area contributed by atoms with Crippen molar-refractivity contribution < 1.29 is 9.90 Å². The fraction of sp³-hybridized carbons (Fsp3) is 0.889. The van der Waals surface area contributed by atoms with Gasteiger partial charge in [-0.1, -0.05) is 13.3 Å². The largest absolute Gasteiger partial charge is 0.382 e. The minimum atomic E-state index is -1.16. The van der Waals surface area contributed by atoms with E-state index in [9.17, 15) is 9.90 Å². The lowest BCUT2D eigenvalue weighted by atomic mass is 10.1. The van der Waals surface area contributed by atoms with Crippen molar-refractivity contribution in [2.75, 3.05) is 0 Å². The van der Waals surface area contributed by atoms with Gasteiger partial charge in [0.15, 0.2) is 0 Å². The first-order valence-electron chi connectivity index (χ1n) is 5.00. The van der Waals surface area contributed by atoms with Crippen molar-refractivity contribution in [3.05, 3.63) is 0 Å². The second-order valence-electron chi connectivity index (χ2n) is 3.78. The second kappa shape index (κ2) is 4.96. The van der Waals surface area contributed by atoms with Crippen LogP contribution in [-0.4, -0.2) is 33.6 Å². The third-order valence-corrected chi connectivity index (χ3v) is 2.80. The van der Waals surface area contributed by atoms with Gasteiger partial charge >= 0.3 is 0 Å². The first-order valence-corrected chi connectivity index (χ1v) is 5.34. The Bertz CT molecular complexity index is 209. The Morgan fingerprint density at radius 3 is 2.71 bits per heavy atom. The molecule has 82 valence electrons. The number of carbonyl (C=O) groups is 1. The Kier molecular flexibility index (Phi) is 4.16. The molecule has 1 rings (SSSR count). The predicted octanol–water partition coefficient (Wildman–Crippen LogP) is 0.619. The van der Waals surface area contributed by atoms with Gasteiger partial charge in [-0.3, -0.25) is 4.79 Å². The highest BCUT2D eigenvalue weighted by molar-refractivity contribution is 6.22. The van der Waals surface area contributed by atoms with Gasteiger partial charge < -0.3 is 10.8 Å². The molecule has 3 N–H and O–H groups in total. The molecule has 1 saturated carbocycles. The van der Waals surface area contributed by atoms with Gasteiger partial charge in [0.25, 0.3) is 5.91 Å². The van der Waals surface area contributed by atoms with Gasteiger partial charge in [0.1, 0.15) is 6.10 Å². The Morgan fingerprint density at radius 2 is 2.29 bits per heavy atom. The van der Waals surface area contributed by atoms with E-state index in [1.807, 2.05) is 6.92 Å². The van der Waals surface area contributed by atoms with E-state index in [2.05, 4.69) is 0 Å². The summed E-state index contributed by atoms with van der Waals surface area (Å²) < 4.78 is 1.10. The number of aliphatic hydroxyl groups excluding tert-OH is 1. The minimum absolute atomic E-state index is 0.104. The number of rotatable bonds is 5. The molecular weight excluding hydrogens is 204 g/mol. The molecule has 1 aliphatic carbocycles. The van der Waals surface area contributed by atoms with E-state index in [0.717, 1.165) is 23.7 Å². The summed E-state index contributed by atoms with van der Waals surface area (Å²) in [6, 6.07) is -0.403. The van der Waals surface area contributed by atoms with Crippen LogP contribution in [-0.2, 0) is 4.79 Å². The fourth-order valence-corrected chi connectivity index (χ4v) is 1.58. The van der Waals surface area contributed by atoms with Crippen molar-refractivity contribution in [1.29, 1.82) is 0 Å². The van der Waals surface area contributed by atoms with Crippen molar-refractivity contribution >= 4 is 17.7 Å². The number of nitrogens with two attached hydrogens (primary N) is 1. The summed E-state index contributed by atoms with van der Waals surface area (Å²) in [5.74, 6) is -0.463. The van der Waals surface area contributed by atoms with Crippen LogP contribution in [0, 0.1) is 0 Å². The molecule has 0 bridgehead atoms. The van der Waals surface area contributed by atoms with Gasteiger partial charge in [0.05, 0.1) is 0 Å². The fourth-order valence-electron chi connectivity index (χ4n) is 1.28. The number of carbonyl (C=O) groups excluding carboxylic acids is 1. The SMILES string of the molecule is CCC[C@H](N)C(O)C(=O)N(Cl)C1CC1. The minimum Gasteiger partial charge on any atom is -0.382 e. The lowest BCUT2D eigenvalue weighted by Gasteiger charge is -2.21. The number of amides is 1. The van der Waals surface area contributed by atoms with Crippen LogP contribution < -0.4 is 5.73 Å². The van der Waals surface area contributed by atoms with Crippen LogP contribution in [0.2, 0.25) is 0 Å². The molecule has 5 heteroatoms. The van der Waals surface area contributed by atoms with E-state index >= 15 is 0 Å². The topological polar surface area (TPSA) is 66.6 Å². The molecule has 1 aliphatic rings. The van der Waals surface area contributed by atoms with E-state index in [0.29, 0.717) is 6.42 Å². The van der Waals surface area contributed by atoms with Crippen LogP contribution in [0.4, 0.5) is 0 Å². The standard InChI is InChI=1S/C9H17ClN2O2/c1-2-3-7(11)8(13)9(14)12(10)6-4-5-6/h6-8,13H,2-5,11H2,1H3/t7-,8?/m0/s1. The Hall–Kier alpha value is -0.320. The summed E-state index contributed by atoms with van der Waals surface area (Å²) in [6.07, 6.45) is 2.16. The highest BCUT2D eigenvalue weighted by Gasteiger charge is 2.36. The summed E-state index contributed by atoms with van der Waals surface area (Å²) in [6.45, 7) is 1.95. The highest BCUT2D eigenvalue weighted by Crippen LogP contribution is 2.29. The number of hydrogen-bond acceptors (Lipinski definition) is 3. The molecule has 0 aromatic carbocycles. The summed E-state index contributed by atoms with van der Waals surface area (Å²) in [5, 5.41) is 9.56. The molecular formula is C9H17ClN2O2. The van der Waals surface area contributed by atoms with Gasteiger partial charge in [-0.2, -0.15) is 0 Å². The zero-order valence-corrected chi connectivity index (χ0v) is 9.07. The molecule has 1 fully saturated rings. The first-order chi connectivity index (χ1) is 6.57. The summed E-state index contributed by atoms with van der Waals surface area (Å²) in [4.78, 5) is 11.5. The van der Waals surface area contributed by atoms with Crippen LogP contribution in [0.1, 0.15) is 32.6 Å². The van der Waals surface area contributed by atoms with Gasteiger partial charge in [-0.05, 0) is 19.3 Å². The highest BCUT2D eigenvalue weighted by atomic mass is 35.5. The molecule has 0 spiro atoms. The second-order valence-corrected chi connectivity index (χ2v) is 4.14. The molecule has 2 atom stereocenters. The summed E-state index contributed by atoms with van der Waals surface area (Å²) in [7, 11) is 0. The maximum atomic E-state index is 11.5. The molecule has 14 heavy (non-hydrogen) atoms. The first kappa shape index (κ1) is 11.8. The molecule has 0 aliphatic heterocycles. The van der Waals surface area contributed by atoms with Gasteiger partial charge in [-0.25, -0.2) is 4.42 Å².